The van der Waals surface area contributed by atoms with Gasteiger partial charge < -0.3 is 50.8 Å². The largest absolute Gasteiger partial charge is 0.460 e. The number of unbranched alkanes of at least 4 members (excludes halogenated alkanes) is 7. The van der Waals surface area contributed by atoms with E-state index in [0.29, 0.717) is 70.4 Å². The molecule has 0 saturated heterocycles. The summed E-state index contributed by atoms with van der Waals surface area (Å²) in [6, 6.07) is 13.4. The van der Waals surface area contributed by atoms with Crippen LogP contribution in [0.2, 0.25) is 0 Å². The first-order valence-corrected chi connectivity index (χ1v) is 28.9. The first-order valence-electron chi connectivity index (χ1n) is 28.9. The lowest BCUT2D eigenvalue weighted by Gasteiger charge is -2.27. The minimum Gasteiger partial charge on any atom is -0.460 e. The molecular formula is C60H91N9O12. The smallest absolute Gasteiger partial charge is 0.407 e. The number of carbonyl (C=O) groups excluding carboxylic acids is 8. The number of ether oxygens (including phenoxy) is 4. The highest BCUT2D eigenvalue weighted by molar-refractivity contribution is 5.88. The number of aromatic nitrogens is 3. The maximum atomic E-state index is 13.3. The Morgan fingerprint density at radius 3 is 1.51 bits per heavy atom. The number of carbonyl (C=O) groups is 8. The Kier molecular flexibility index (Phi) is 27.6. The Hall–Kier alpha value is -7.06. The summed E-state index contributed by atoms with van der Waals surface area (Å²) in [5, 5.41) is 25.1. The van der Waals surface area contributed by atoms with Crippen LogP contribution in [0.3, 0.4) is 0 Å². The number of hydrogen-bond acceptors (Lipinski definition) is 14. The molecule has 1 aliphatic carbocycles. The summed E-state index contributed by atoms with van der Waals surface area (Å²) in [6.07, 6.45) is 10.3. The lowest BCUT2D eigenvalue weighted by atomic mass is 9.98. The summed E-state index contributed by atoms with van der Waals surface area (Å²) in [5.74, 6) is -2.03. The van der Waals surface area contributed by atoms with Crippen molar-refractivity contribution in [3.63, 3.8) is 0 Å². The predicted octanol–water partition coefficient (Wildman–Crippen LogP) is 8.36. The Morgan fingerprint density at radius 1 is 0.531 bits per heavy atom. The average molecular weight is 1130 g/mol. The molecule has 4 rings (SSSR count). The molecule has 1 heterocycles. The van der Waals surface area contributed by atoms with Crippen molar-refractivity contribution in [3.05, 3.63) is 71.5 Å². The highest BCUT2D eigenvalue weighted by atomic mass is 16.6. The van der Waals surface area contributed by atoms with Gasteiger partial charge in [0.05, 0.1) is 12.7 Å². The van der Waals surface area contributed by atoms with Gasteiger partial charge in [-0.25, -0.2) is 19.2 Å². The van der Waals surface area contributed by atoms with E-state index >= 15 is 0 Å². The summed E-state index contributed by atoms with van der Waals surface area (Å²) in [6.45, 7) is 17.9. The normalized spacial score (nSPS) is 12.9. The van der Waals surface area contributed by atoms with Crippen molar-refractivity contribution in [2.75, 3.05) is 26.2 Å². The third-order valence-corrected chi connectivity index (χ3v) is 12.7. The van der Waals surface area contributed by atoms with Gasteiger partial charge in [0.15, 0.2) is 0 Å². The standard InChI is InChI=1S/C60H91N9O12/c1-58(2,3)79-53(73)34-33-49(55(75)81-60(7,8)9)66-56(76)65-48(54(74)80-59(4,5)6)29-20-24-38-69-40-42(67-68-69)39-64-52(72)32-15-11-22-36-62-50(70)30-13-10-21-35-61-51(71)31-14-12-23-37-63-57(77)78-41-47-45-27-18-16-25-43(45)44-26-17-19-28-46(44)47/h16-19,25-28,40,47-49H,10-15,20-24,29-39,41H2,1-9H3,(H,61,71)(H,62,70)(H,63,77)(H,64,72)(H2,65,66,76)/t48-,49-/m0/s1. The third-order valence-electron chi connectivity index (χ3n) is 12.7. The van der Waals surface area contributed by atoms with Crippen LogP contribution in [0, 0.1) is 0 Å². The molecule has 448 valence electrons. The van der Waals surface area contributed by atoms with E-state index in [9.17, 15) is 38.4 Å². The van der Waals surface area contributed by atoms with E-state index < -0.39 is 58.9 Å². The topological polar surface area (TPSA) is 276 Å². The zero-order valence-corrected chi connectivity index (χ0v) is 49.4. The predicted molar refractivity (Wildman–Crippen MR) is 306 cm³/mol. The van der Waals surface area contributed by atoms with E-state index in [-0.39, 0.29) is 56.1 Å². The summed E-state index contributed by atoms with van der Waals surface area (Å²) < 4.78 is 23.7. The van der Waals surface area contributed by atoms with Crippen LogP contribution in [0.15, 0.2) is 54.7 Å². The maximum absolute atomic E-state index is 13.3. The zero-order chi connectivity index (χ0) is 59.4. The highest BCUT2D eigenvalue weighted by Gasteiger charge is 2.32. The second kappa shape index (κ2) is 33.6. The second-order valence-corrected chi connectivity index (χ2v) is 23.5. The SMILES string of the molecule is CC(C)(C)OC(=O)CC[C@H](NC(=O)N[C@@H](CCCCn1cc(CNC(=O)CCCCCNC(=O)CCCCCNC(=O)CCCCCNC(=O)OCC2c3ccccc3-c3ccccc32)nn1)C(=O)OC(C)(C)C)C(=O)OC(C)(C)C. The van der Waals surface area contributed by atoms with E-state index in [4.69, 9.17) is 18.9 Å². The molecule has 3 aromatic rings. The monoisotopic (exact) mass is 1130 g/mol. The lowest BCUT2D eigenvalue weighted by Crippen LogP contribution is -2.53. The Morgan fingerprint density at radius 2 is 1.00 bits per heavy atom. The lowest BCUT2D eigenvalue weighted by molar-refractivity contribution is -0.159. The first-order chi connectivity index (χ1) is 38.4. The number of nitrogens with one attached hydrogen (secondary N) is 6. The van der Waals surface area contributed by atoms with E-state index in [2.05, 4.69) is 66.5 Å². The second-order valence-electron chi connectivity index (χ2n) is 23.5. The minimum absolute atomic E-state index is 0.00139. The molecule has 1 aromatic heterocycles. The Bertz CT molecular complexity index is 2470. The minimum atomic E-state index is -1.20. The molecule has 6 amide bonds. The number of alkyl carbamates (subject to hydrolysis) is 1. The van der Waals surface area contributed by atoms with Gasteiger partial charge in [0.1, 0.15) is 41.2 Å². The number of benzene rings is 2. The first kappa shape index (κ1) is 66.5. The van der Waals surface area contributed by atoms with Crippen LogP contribution in [0.25, 0.3) is 11.1 Å². The molecule has 0 spiro atoms. The van der Waals surface area contributed by atoms with Crippen molar-refractivity contribution in [1.29, 1.82) is 0 Å². The number of hydrogen-bond donors (Lipinski definition) is 6. The molecule has 2 atom stereocenters. The van der Waals surface area contributed by atoms with Gasteiger partial charge in [0.2, 0.25) is 17.7 Å². The maximum Gasteiger partial charge on any atom is 0.407 e. The van der Waals surface area contributed by atoms with Crippen molar-refractivity contribution >= 4 is 47.8 Å². The summed E-state index contributed by atoms with van der Waals surface area (Å²) in [7, 11) is 0. The van der Waals surface area contributed by atoms with Crippen LogP contribution in [0.1, 0.15) is 194 Å². The van der Waals surface area contributed by atoms with Crippen molar-refractivity contribution in [2.24, 2.45) is 0 Å². The molecule has 1 aliphatic rings. The van der Waals surface area contributed by atoms with Gasteiger partial charge in [-0.2, -0.15) is 0 Å². The number of rotatable bonds is 34. The third kappa shape index (κ3) is 27.3. The zero-order valence-electron chi connectivity index (χ0n) is 49.4. The van der Waals surface area contributed by atoms with Crippen LogP contribution in [-0.4, -0.2) is 118 Å². The summed E-state index contributed by atoms with van der Waals surface area (Å²) in [5.41, 5.74) is 2.88. The summed E-state index contributed by atoms with van der Waals surface area (Å²) in [4.78, 5) is 102. The fraction of sp³-hybridized carbons (Fsp3) is 0.633. The van der Waals surface area contributed by atoms with Gasteiger partial charge in [-0.05, 0) is 149 Å². The van der Waals surface area contributed by atoms with Crippen LogP contribution < -0.4 is 31.9 Å². The van der Waals surface area contributed by atoms with Crippen LogP contribution in [0.4, 0.5) is 9.59 Å². The fourth-order valence-electron chi connectivity index (χ4n) is 8.92. The molecule has 81 heavy (non-hydrogen) atoms. The molecule has 21 nitrogen and oxygen atoms in total. The average Bonchev–Trinajstić information content (AvgIpc) is 4.24. The van der Waals surface area contributed by atoms with Gasteiger partial charge in [-0.3, -0.25) is 23.9 Å². The number of amides is 6. The van der Waals surface area contributed by atoms with E-state index in [0.717, 1.165) is 51.4 Å². The quantitative estimate of drug-likeness (QED) is 0.0186. The van der Waals surface area contributed by atoms with E-state index in [1.54, 1.807) is 73.2 Å². The number of urea groups is 1. The van der Waals surface area contributed by atoms with Crippen molar-refractivity contribution < 1.29 is 57.3 Å². The number of fused-ring (bicyclic) bond motifs is 3. The van der Waals surface area contributed by atoms with E-state index in [1.807, 2.05) is 24.3 Å². The van der Waals surface area contributed by atoms with Gasteiger partial charge in [0.25, 0.3) is 0 Å². The van der Waals surface area contributed by atoms with Gasteiger partial charge >= 0.3 is 30.0 Å². The number of esters is 3. The molecule has 21 heteroatoms. The molecule has 0 bridgehead atoms. The van der Waals surface area contributed by atoms with Gasteiger partial charge in [-0.15, -0.1) is 5.10 Å². The van der Waals surface area contributed by atoms with Crippen molar-refractivity contribution in [2.45, 2.75) is 219 Å². The molecule has 0 aliphatic heterocycles. The molecule has 0 saturated carbocycles. The number of aryl methyl sites for hydroxylation is 1. The van der Waals surface area contributed by atoms with Crippen LogP contribution >= 0.6 is 0 Å². The highest BCUT2D eigenvalue weighted by Crippen LogP contribution is 2.44. The fourth-order valence-corrected chi connectivity index (χ4v) is 8.92. The van der Waals surface area contributed by atoms with Crippen LogP contribution in [0.5, 0.6) is 0 Å². The summed E-state index contributed by atoms with van der Waals surface area (Å²) >= 11 is 0. The van der Waals surface area contributed by atoms with Crippen molar-refractivity contribution in [1.82, 2.24) is 46.9 Å². The molecule has 0 radical (unpaired) electrons. The Labute approximate surface area is 478 Å². The van der Waals surface area contributed by atoms with Crippen LogP contribution in [-0.2, 0) is 60.8 Å². The van der Waals surface area contributed by atoms with Crippen molar-refractivity contribution in [3.8, 4) is 11.1 Å². The molecule has 2 aromatic carbocycles. The Balaban J connectivity index is 0.985. The molecular weight excluding hydrogens is 1040 g/mol. The van der Waals surface area contributed by atoms with Gasteiger partial charge in [-0.1, -0.05) is 73.0 Å². The van der Waals surface area contributed by atoms with Gasteiger partial charge in [0, 0.05) is 57.8 Å². The molecule has 6 N–H and O–H groups in total. The number of nitrogens with zero attached hydrogens (tertiary/aromatic N) is 3. The van der Waals surface area contributed by atoms with E-state index in [1.165, 1.54) is 22.3 Å². The molecule has 0 unspecified atom stereocenters. The molecule has 0 fully saturated rings.